The van der Waals surface area contributed by atoms with Crippen molar-refractivity contribution in [3.8, 4) is 0 Å². The number of nitrogens with one attached hydrogen (secondary N) is 1. The van der Waals surface area contributed by atoms with Gasteiger partial charge in [-0.2, -0.15) is 0 Å². The Kier molecular flexibility index (Phi) is 5.39. The standard InChI is InChI=1S/C19H27N3O3/c1-19(2)17(23)22(18(24)20-19)13-12-21-10-8-16(9-11-21)25-14-15-6-4-3-5-7-15/h3-7,16H,8-14H2,1-2H3,(H,20,24). The first-order chi connectivity index (χ1) is 12.0. The van der Waals surface area contributed by atoms with Crippen molar-refractivity contribution in [1.82, 2.24) is 15.1 Å². The molecule has 0 saturated carbocycles. The van der Waals surface area contributed by atoms with Crippen molar-refractivity contribution in [2.24, 2.45) is 0 Å². The van der Waals surface area contributed by atoms with Crippen LogP contribution in [-0.2, 0) is 16.1 Å². The van der Waals surface area contributed by atoms with E-state index in [1.54, 1.807) is 13.8 Å². The molecule has 25 heavy (non-hydrogen) atoms. The highest BCUT2D eigenvalue weighted by Crippen LogP contribution is 2.18. The summed E-state index contributed by atoms with van der Waals surface area (Å²) < 4.78 is 6.00. The van der Waals surface area contributed by atoms with E-state index in [0.29, 0.717) is 13.2 Å². The number of carbonyl (C=O) groups excluding carboxylic acids is 2. The van der Waals surface area contributed by atoms with Crippen molar-refractivity contribution in [1.29, 1.82) is 0 Å². The number of amides is 3. The van der Waals surface area contributed by atoms with E-state index < -0.39 is 5.54 Å². The van der Waals surface area contributed by atoms with Crippen molar-refractivity contribution in [2.45, 2.75) is 44.9 Å². The number of ether oxygens (including phenoxy) is 1. The van der Waals surface area contributed by atoms with E-state index in [-0.39, 0.29) is 18.0 Å². The van der Waals surface area contributed by atoms with E-state index in [9.17, 15) is 9.59 Å². The number of piperidine rings is 1. The summed E-state index contributed by atoms with van der Waals surface area (Å²) in [6.07, 6.45) is 2.25. The molecule has 6 nitrogen and oxygen atoms in total. The van der Waals surface area contributed by atoms with Crippen LogP contribution in [0.1, 0.15) is 32.3 Å². The lowest BCUT2D eigenvalue weighted by atomic mass is 10.1. The average molecular weight is 345 g/mol. The molecule has 3 rings (SSSR count). The molecule has 2 saturated heterocycles. The average Bonchev–Trinajstić information content (AvgIpc) is 2.80. The van der Waals surface area contributed by atoms with Crippen molar-refractivity contribution >= 4 is 11.9 Å². The monoisotopic (exact) mass is 345 g/mol. The Morgan fingerprint density at radius 2 is 1.80 bits per heavy atom. The summed E-state index contributed by atoms with van der Waals surface area (Å²) in [5.74, 6) is -0.140. The Morgan fingerprint density at radius 1 is 1.12 bits per heavy atom. The molecule has 2 fully saturated rings. The zero-order valence-electron chi connectivity index (χ0n) is 15.0. The van der Waals surface area contributed by atoms with Gasteiger partial charge in [-0.25, -0.2) is 4.79 Å². The van der Waals surface area contributed by atoms with Crippen LogP contribution in [0.4, 0.5) is 4.79 Å². The summed E-state index contributed by atoms with van der Waals surface area (Å²) in [6, 6.07) is 9.94. The molecule has 0 radical (unpaired) electrons. The highest BCUT2D eigenvalue weighted by Gasteiger charge is 2.44. The maximum Gasteiger partial charge on any atom is 0.325 e. The van der Waals surface area contributed by atoms with Crippen LogP contribution in [0.25, 0.3) is 0 Å². The van der Waals surface area contributed by atoms with Crippen LogP contribution in [0, 0.1) is 0 Å². The first-order valence-electron chi connectivity index (χ1n) is 8.98. The number of urea groups is 1. The molecule has 136 valence electrons. The molecule has 1 N–H and O–H groups in total. The van der Waals surface area contributed by atoms with Gasteiger partial charge in [0.2, 0.25) is 0 Å². The Bertz CT molecular complexity index is 610. The van der Waals surface area contributed by atoms with Crippen LogP contribution in [0.5, 0.6) is 0 Å². The molecule has 0 aliphatic carbocycles. The Hall–Kier alpha value is -1.92. The summed E-state index contributed by atoms with van der Waals surface area (Å²) in [6.45, 7) is 7.18. The topological polar surface area (TPSA) is 61.9 Å². The van der Waals surface area contributed by atoms with Crippen molar-refractivity contribution in [3.05, 3.63) is 35.9 Å². The number of hydrogen-bond acceptors (Lipinski definition) is 4. The maximum absolute atomic E-state index is 12.2. The quantitative estimate of drug-likeness (QED) is 0.801. The molecule has 6 heteroatoms. The molecule has 0 bridgehead atoms. The van der Waals surface area contributed by atoms with E-state index in [4.69, 9.17) is 4.74 Å². The smallest absolute Gasteiger partial charge is 0.325 e. The van der Waals surface area contributed by atoms with Gasteiger partial charge in [0.25, 0.3) is 5.91 Å². The summed E-state index contributed by atoms with van der Waals surface area (Å²) in [4.78, 5) is 27.7. The highest BCUT2D eigenvalue weighted by molar-refractivity contribution is 6.06. The molecule has 2 aliphatic heterocycles. The predicted molar refractivity (Wildman–Crippen MR) is 95.0 cm³/mol. The largest absolute Gasteiger partial charge is 0.373 e. The maximum atomic E-state index is 12.2. The third kappa shape index (κ3) is 4.38. The SMILES string of the molecule is CC1(C)NC(=O)N(CCN2CCC(OCc3ccccc3)CC2)C1=O. The van der Waals surface area contributed by atoms with Crippen LogP contribution in [0.3, 0.4) is 0 Å². The number of likely N-dealkylation sites (tertiary alicyclic amines) is 1. The number of nitrogens with zero attached hydrogens (tertiary/aromatic N) is 2. The number of benzene rings is 1. The number of hydrogen-bond donors (Lipinski definition) is 1. The van der Waals surface area contributed by atoms with Gasteiger partial charge in [-0.05, 0) is 32.3 Å². The summed E-state index contributed by atoms with van der Waals surface area (Å²) in [5.41, 5.74) is 0.418. The van der Waals surface area contributed by atoms with Crippen molar-refractivity contribution in [2.75, 3.05) is 26.2 Å². The number of imide groups is 1. The van der Waals surface area contributed by atoms with Gasteiger partial charge in [0.05, 0.1) is 12.7 Å². The Labute approximate surface area is 149 Å². The van der Waals surface area contributed by atoms with E-state index in [0.717, 1.165) is 32.5 Å². The molecule has 2 heterocycles. The van der Waals surface area contributed by atoms with E-state index in [1.165, 1.54) is 10.5 Å². The van der Waals surface area contributed by atoms with E-state index in [2.05, 4.69) is 22.3 Å². The van der Waals surface area contributed by atoms with Crippen molar-refractivity contribution < 1.29 is 14.3 Å². The van der Waals surface area contributed by atoms with Gasteiger partial charge in [-0.3, -0.25) is 9.69 Å². The molecule has 2 aliphatic rings. The highest BCUT2D eigenvalue weighted by atomic mass is 16.5. The van der Waals surface area contributed by atoms with Gasteiger partial charge >= 0.3 is 6.03 Å². The number of carbonyl (C=O) groups is 2. The lowest BCUT2D eigenvalue weighted by Gasteiger charge is -2.32. The minimum absolute atomic E-state index is 0.140. The second kappa shape index (κ2) is 7.54. The van der Waals surface area contributed by atoms with Crippen LogP contribution < -0.4 is 5.32 Å². The van der Waals surface area contributed by atoms with Crippen molar-refractivity contribution in [3.63, 3.8) is 0 Å². The van der Waals surface area contributed by atoms with Gasteiger partial charge in [-0.1, -0.05) is 30.3 Å². The third-order valence-electron chi connectivity index (χ3n) is 4.95. The molecular weight excluding hydrogens is 318 g/mol. The molecular formula is C19H27N3O3. The van der Waals surface area contributed by atoms with Gasteiger partial charge in [-0.15, -0.1) is 0 Å². The molecule has 1 aromatic rings. The molecule has 0 unspecified atom stereocenters. The van der Waals surface area contributed by atoms with Gasteiger partial charge < -0.3 is 15.0 Å². The zero-order valence-corrected chi connectivity index (χ0v) is 15.0. The fourth-order valence-corrected chi connectivity index (χ4v) is 3.35. The zero-order chi connectivity index (χ0) is 17.9. The molecule has 3 amide bonds. The first kappa shape index (κ1) is 17.9. The second-order valence-electron chi connectivity index (χ2n) is 7.35. The Morgan fingerprint density at radius 3 is 2.40 bits per heavy atom. The van der Waals surface area contributed by atoms with E-state index in [1.807, 2.05) is 18.2 Å². The Balaban J connectivity index is 1.38. The third-order valence-corrected chi connectivity index (χ3v) is 4.95. The lowest BCUT2D eigenvalue weighted by molar-refractivity contribution is -0.130. The lowest BCUT2D eigenvalue weighted by Crippen LogP contribution is -2.44. The molecule has 0 spiro atoms. The fourth-order valence-electron chi connectivity index (χ4n) is 3.35. The second-order valence-corrected chi connectivity index (χ2v) is 7.35. The van der Waals surface area contributed by atoms with Crippen LogP contribution in [0.2, 0.25) is 0 Å². The fraction of sp³-hybridized carbons (Fsp3) is 0.579. The minimum atomic E-state index is -0.782. The predicted octanol–water partition coefficient (Wildman–Crippen LogP) is 2.00. The van der Waals surface area contributed by atoms with Crippen LogP contribution >= 0.6 is 0 Å². The molecule has 0 atom stereocenters. The van der Waals surface area contributed by atoms with E-state index >= 15 is 0 Å². The summed E-state index contributed by atoms with van der Waals surface area (Å²) in [7, 11) is 0. The van der Waals surface area contributed by atoms with Gasteiger partial charge in [0, 0.05) is 26.2 Å². The van der Waals surface area contributed by atoms with Crippen LogP contribution in [-0.4, -0.2) is 59.6 Å². The number of rotatable bonds is 6. The molecule has 0 aromatic heterocycles. The van der Waals surface area contributed by atoms with Gasteiger partial charge in [0.1, 0.15) is 5.54 Å². The summed E-state index contributed by atoms with van der Waals surface area (Å²) in [5, 5.41) is 2.72. The first-order valence-corrected chi connectivity index (χ1v) is 8.98. The summed E-state index contributed by atoms with van der Waals surface area (Å²) >= 11 is 0. The van der Waals surface area contributed by atoms with Gasteiger partial charge in [0.15, 0.2) is 0 Å². The molecule has 1 aromatic carbocycles. The minimum Gasteiger partial charge on any atom is -0.373 e. The van der Waals surface area contributed by atoms with Crippen LogP contribution in [0.15, 0.2) is 30.3 Å². The normalized spacial score (nSPS) is 21.6.